The Kier molecular flexibility index (Phi) is 5.27. The van der Waals surface area contributed by atoms with Gasteiger partial charge in [0, 0.05) is 24.2 Å². The zero-order valence-electron chi connectivity index (χ0n) is 14.4. The van der Waals surface area contributed by atoms with Crippen LogP contribution in [0.5, 0.6) is 11.5 Å². The summed E-state index contributed by atoms with van der Waals surface area (Å²) in [5.74, 6) is 0.329. The maximum Gasteiger partial charge on any atom is 0.231 e. The molecule has 1 fully saturated rings. The first-order valence-corrected chi connectivity index (χ1v) is 8.35. The van der Waals surface area contributed by atoms with Gasteiger partial charge < -0.3 is 19.7 Å². The Morgan fingerprint density at radius 2 is 2.04 bits per heavy atom. The summed E-state index contributed by atoms with van der Waals surface area (Å²) >= 11 is 6.04. The third-order valence-electron chi connectivity index (χ3n) is 4.16. The Morgan fingerprint density at radius 1 is 1.27 bits per heavy atom. The van der Waals surface area contributed by atoms with E-state index in [2.05, 4.69) is 10.3 Å². The number of benzene rings is 1. The van der Waals surface area contributed by atoms with Crippen molar-refractivity contribution in [1.29, 1.82) is 0 Å². The summed E-state index contributed by atoms with van der Waals surface area (Å²) < 4.78 is 10.5. The molecule has 1 atom stereocenters. The minimum atomic E-state index is -0.516. The Bertz CT molecular complexity index is 843. The van der Waals surface area contributed by atoms with Crippen LogP contribution in [0.25, 0.3) is 0 Å². The second-order valence-electron chi connectivity index (χ2n) is 5.77. The van der Waals surface area contributed by atoms with Gasteiger partial charge in [-0.1, -0.05) is 11.6 Å². The molecule has 8 heteroatoms. The van der Waals surface area contributed by atoms with Crippen LogP contribution in [0.4, 0.5) is 11.5 Å². The standard InChI is InChI=1S/C18H18ClN3O4/c1-25-14-6-5-12(19)9-13(14)22-10-11(8-16(22)23)18(24)21-17-15(26-2)4-3-7-20-17/h3-7,9,11H,8,10H2,1-2H3,(H,20,21,24). The van der Waals surface area contributed by atoms with Gasteiger partial charge in [-0.2, -0.15) is 0 Å². The van der Waals surface area contributed by atoms with Crippen LogP contribution in [0.1, 0.15) is 6.42 Å². The van der Waals surface area contributed by atoms with E-state index in [9.17, 15) is 9.59 Å². The topological polar surface area (TPSA) is 80.8 Å². The van der Waals surface area contributed by atoms with Gasteiger partial charge in [0.25, 0.3) is 0 Å². The minimum Gasteiger partial charge on any atom is -0.495 e. The van der Waals surface area contributed by atoms with Crippen molar-refractivity contribution in [2.75, 3.05) is 31.0 Å². The molecule has 1 saturated heterocycles. The number of aromatic nitrogens is 1. The molecule has 0 spiro atoms. The monoisotopic (exact) mass is 375 g/mol. The molecule has 7 nitrogen and oxygen atoms in total. The number of nitrogens with zero attached hydrogens (tertiary/aromatic N) is 2. The van der Waals surface area contributed by atoms with Crippen LogP contribution < -0.4 is 19.7 Å². The van der Waals surface area contributed by atoms with Gasteiger partial charge in [-0.15, -0.1) is 0 Å². The largest absolute Gasteiger partial charge is 0.495 e. The highest BCUT2D eigenvalue weighted by molar-refractivity contribution is 6.31. The van der Waals surface area contributed by atoms with Crippen molar-refractivity contribution in [3.8, 4) is 11.5 Å². The quantitative estimate of drug-likeness (QED) is 0.869. The minimum absolute atomic E-state index is 0.0939. The summed E-state index contributed by atoms with van der Waals surface area (Å²) in [7, 11) is 3.02. The molecule has 3 rings (SSSR count). The Balaban J connectivity index is 1.77. The summed E-state index contributed by atoms with van der Waals surface area (Å²) in [6.45, 7) is 0.233. The highest BCUT2D eigenvalue weighted by Crippen LogP contribution is 2.35. The third kappa shape index (κ3) is 3.57. The van der Waals surface area contributed by atoms with Crippen LogP contribution in [-0.2, 0) is 9.59 Å². The Morgan fingerprint density at radius 3 is 2.77 bits per heavy atom. The van der Waals surface area contributed by atoms with Crippen LogP contribution >= 0.6 is 11.6 Å². The second-order valence-corrected chi connectivity index (χ2v) is 6.20. The third-order valence-corrected chi connectivity index (χ3v) is 4.39. The molecule has 1 aromatic carbocycles. The van der Waals surface area contributed by atoms with Gasteiger partial charge in [0.2, 0.25) is 11.8 Å². The molecule has 1 aromatic heterocycles. The summed E-state index contributed by atoms with van der Waals surface area (Å²) in [6.07, 6.45) is 1.65. The normalized spacial score (nSPS) is 16.5. The predicted octanol–water partition coefficient (Wildman–Crippen LogP) is 2.74. The van der Waals surface area contributed by atoms with E-state index in [-0.39, 0.29) is 24.8 Å². The second kappa shape index (κ2) is 7.61. The summed E-state index contributed by atoms with van der Waals surface area (Å²) in [6, 6.07) is 8.44. The SMILES string of the molecule is COc1ccc(Cl)cc1N1CC(C(=O)Nc2ncccc2OC)CC1=O. The van der Waals surface area contributed by atoms with Crippen molar-refractivity contribution in [2.45, 2.75) is 6.42 Å². The van der Waals surface area contributed by atoms with E-state index in [4.69, 9.17) is 21.1 Å². The molecule has 0 bridgehead atoms. The van der Waals surface area contributed by atoms with Crippen LogP contribution in [0.3, 0.4) is 0 Å². The number of halogens is 1. The number of nitrogens with one attached hydrogen (secondary N) is 1. The highest BCUT2D eigenvalue weighted by atomic mass is 35.5. The van der Waals surface area contributed by atoms with Crippen molar-refractivity contribution in [1.82, 2.24) is 4.98 Å². The van der Waals surface area contributed by atoms with E-state index in [0.717, 1.165) is 0 Å². The molecule has 2 aromatic rings. The van der Waals surface area contributed by atoms with E-state index in [1.165, 1.54) is 19.1 Å². The van der Waals surface area contributed by atoms with Crippen molar-refractivity contribution in [2.24, 2.45) is 5.92 Å². The number of carbonyl (C=O) groups excluding carboxylic acids is 2. The molecule has 26 heavy (non-hydrogen) atoms. The number of anilines is 2. The van der Waals surface area contributed by atoms with Crippen LogP contribution in [0.15, 0.2) is 36.5 Å². The van der Waals surface area contributed by atoms with Gasteiger partial charge >= 0.3 is 0 Å². The van der Waals surface area contributed by atoms with Crippen molar-refractivity contribution < 1.29 is 19.1 Å². The first-order valence-electron chi connectivity index (χ1n) is 7.97. The van der Waals surface area contributed by atoms with Gasteiger partial charge in [0.1, 0.15) is 5.75 Å². The highest BCUT2D eigenvalue weighted by Gasteiger charge is 2.36. The molecular formula is C18H18ClN3O4. The van der Waals surface area contributed by atoms with E-state index in [1.807, 2.05) is 0 Å². The number of ether oxygens (including phenoxy) is 2. The average Bonchev–Trinajstić information content (AvgIpc) is 3.04. The molecule has 1 N–H and O–H groups in total. The van der Waals surface area contributed by atoms with Gasteiger partial charge in [0.05, 0.1) is 25.8 Å². The van der Waals surface area contributed by atoms with Crippen LogP contribution in [0, 0.1) is 5.92 Å². The lowest BCUT2D eigenvalue weighted by Crippen LogP contribution is -2.28. The first kappa shape index (κ1) is 18.0. The summed E-state index contributed by atoms with van der Waals surface area (Å²) in [4.78, 5) is 30.7. The zero-order valence-corrected chi connectivity index (χ0v) is 15.1. The number of amides is 2. The molecule has 2 amide bonds. The Hall–Kier alpha value is -2.80. The lowest BCUT2D eigenvalue weighted by molar-refractivity contribution is -0.122. The van der Waals surface area contributed by atoms with Gasteiger partial charge in [-0.25, -0.2) is 4.98 Å². The van der Waals surface area contributed by atoms with Gasteiger partial charge in [-0.3, -0.25) is 9.59 Å². The molecule has 1 unspecified atom stereocenters. The van der Waals surface area contributed by atoms with Crippen molar-refractivity contribution in [3.63, 3.8) is 0 Å². The fourth-order valence-corrected chi connectivity index (χ4v) is 3.02. The molecular weight excluding hydrogens is 358 g/mol. The number of carbonyl (C=O) groups is 2. The van der Waals surface area contributed by atoms with Crippen LogP contribution in [-0.4, -0.2) is 37.6 Å². The average molecular weight is 376 g/mol. The number of hydrogen-bond donors (Lipinski definition) is 1. The van der Waals surface area contributed by atoms with E-state index in [1.54, 1.807) is 36.5 Å². The van der Waals surface area contributed by atoms with E-state index in [0.29, 0.717) is 28.0 Å². The van der Waals surface area contributed by atoms with E-state index < -0.39 is 5.92 Å². The lowest BCUT2D eigenvalue weighted by Gasteiger charge is -2.20. The van der Waals surface area contributed by atoms with Gasteiger partial charge in [-0.05, 0) is 30.3 Å². The maximum atomic E-state index is 12.6. The molecule has 1 aliphatic heterocycles. The molecule has 136 valence electrons. The van der Waals surface area contributed by atoms with Crippen molar-refractivity contribution >= 4 is 34.9 Å². The van der Waals surface area contributed by atoms with E-state index >= 15 is 0 Å². The Labute approximate surface area is 155 Å². The fourth-order valence-electron chi connectivity index (χ4n) is 2.86. The molecule has 1 aliphatic rings. The summed E-state index contributed by atoms with van der Waals surface area (Å²) in [5.41, 5.74) is 0.552. The molecule has 0 saturated carbocycles. The first-order chi connectivity index (χ1) is 12.5. The molecule has 0 radical (unpaired) electrons. The number of methoxy groups -OCH3 is 2. The maximum absolute atomic E-state index is 12.6. The zero-order chi connectivity index (χ0) is 18.7. The number of pyridine rings is 1. The summed E-state index contributed by atoms with van der Waals surface area (Å²) in [5, 5.41) is 3.21. The van der Waals surface area contributed by atoms with Crippen molar-refractivity contribution in [3.05, 3.63) is 41.6 Å². The fraction of sp³-hybridized carbons (Fsp3) is 0.278. The smallest absolute Gasteiger partial charge is 0.231 e. The molecule has 0 aliphatic carbocycles. The number of rotatable bonds is 5. The van der Waals surface area contributed by atoms with Gasteiger partial charge in [0.15, 0.2) is 11.6 Å². The lowest BCUT2D eigenvalue weighted by atomic mass is 10.1. The van der Waals surface area contributed by atoms with Crippen LogP contribution in [0.2, 0.25) is 5.02 Å². The molecule has 2 heterocycles. The number of hydrogen-bond acceptors (Lipinski definition) is 5. The predicted molar refractivity (Wildman–Crippen MR) is 97.9 cm³/mol.